The maximum Gasteiger partial charge on any atom is 0.131 e. The van der Waals surface area contributed by atoms with Crippen LogP contribution in [0.4, 0.5) is 0 Å². The topological polar surface area (TPSA) is 33.7 Å². The van der Waals surface area contributed by atoms with Crippen LogP contribution in [0, 0.1) is 0 Å². The molecular weight excluding hydrogens is 324 g/mol. The highest BCUT2D eigenvalue weighted by atomic mass is 35.5. The molecule has 5 heteroatoms. The molecule has 1 N–H and O–H groups in total. The van der Waals surface area contributed by atoms with Crippen LogP contribution >= 0.6 is 0 Å². The first-order valence-corrected chi connectivity index (χ1v) is 8.05. The molecule has 0 aromatic heterocycles. The summed E-state index contributed by atoms with van der Waals surface area (Å²) in [6, 6.07) is 17.5. The molecule has 0 radical (unpaired) electrons. The molecule has 0 aliphatic heterocycles. The minimum atomic E-state index is 0. The molecule has 0 bridgehead atoms. The van der Waals surface area contributed by atoms with Crippen molar-refractivity contribution in [2.75, 3.05) is 40.3 Å². The van der Waals surface area contributed by atoms with E-state index in [0.717, 1.165) is 43.3 Å². The molecule has 0 fully saturated rings. The SMILES string of the molecule is CN(C)CCNCCCOc1cccc(Oc2ccccc2)c1.[Cl-]. The van der Waals surface area contributed by atoms with Gasteiger partial charge in [0.25, 0.3) is 0 Å². The van der Waals surface area contributed by atoms with E-state index in [9.17, 15) is 0 Å². The molecule has 0 atom stereocenters. The van der Waals surface area contributed by atoms with Gasteiger partial charge in [0.1, 0.15) is 17.2 Å². The van der Waals surface area contributed by atoms with Crippen molar-refractivity contribution in [2.24, 2.45) is 0 Å². The smallest absolute Gasteiger partial charge is 0.131 e. The lowest BCUT2D eigenvalue weighted by Gasteiger charge is -2.11. The highest BCUT2D eigenvalue weighted by molar-refractivity contribution is 5.36. The summed E-state index contributed by atoms with van der Waals surface area (Å²) >= 11 is 0. The molecular formula is C19H26ClN2O2-. The van der Waals surface area contributed by atoms with Gasteiger partial charge >= 0.3 is 0 Å². The van der Waals surface area contributed by atoms with Crippen molar-refractivity contribution >= 4 is 0 Å². The van der Waals surface area contributed by atoms with Crippen LogP contribution in [-0.2, 0) is 0 Å². The number of hydrogen-bond acceptors (Lipinski definition) is 4. The van der Waals surface area contributed by atoms with Gasteiger partial charge in [-0.25, -0.2) is 0 Å². The van der Waals surface area contributed by atoms with Crippen molar-refractivity contribution in [1.29, 1.82) is 0 Å². The number of nitrogens with one attached hydrogen (secondary N) is 1. The van der Waals surface area contributed by atoms with Crippen molar-refractivity contribution < 1.29 is 21.9 Å². The summed E-state index contributed by atoms with van der Waals surface area (Å²) in [5, 5.41) is 3.40. The highest BCUT2D eigenvalue weighted by Gasteiger charge is 2.00. The fourth-order valence-corrected chi connectivity index (χ4v) is 2.07. The third kappa shape index (κ3) is 8.20. The minimum absolute atomic E-state index is 0. The standard InChI is InChI=1S/C19H26N2O2.ClH/c1-21(2)14-13-20-12-7-15-22-18-10-6-11-19(16-18)23-17-8-4-3-5-9-17;/h3-6,8-11,16,20H,7,12-15H2,1-2H3;1H/p-1. The zero-order valence-electron chi connectivity index (χ0n) is 14.4. The predicted molar refractivity (Wildman–Crippen MR) is 94.5 cm³/mol. The van der Waals surface area contributed by atoms with Gasteiger partial charge in [0.15, 0.2) is 0 Å². The fraction of sp³-hybridized carbons (Fsp3) is 0.368. The summed E-state index contributed by atoms with van der Waals surface area (Å²) in [7, 11) is 4.16. The van der Waals surface area contributed by atoms with Crippen LogP contribution in [0.15, 0.2) is 54.6 Å². The third-order valence-corrected chi connectivity index (χ3v) is 3.29. The van der Waals surface area contributed by atoms with Crippen molar-refractivity contribution in [3.8, 4) is 17.2 Å². The Kier molecular flexibility index (Phi) is 9.92. The van der Waals surface area contributed by atoms with Gasteiger partial charge in [0, 0.05) is 19.2 Å². The maximum atomic E-state index is 5.80. The minimum Gasteiger partial charge on any atom is -1.00 e. The van der Waals surface area contributed by atoms with E-state index in [1.54, 1.807) is 0 Å². The Bertz CT molecular complexity index is 564. The Balaban J connectivity index is 0.00000288. The number of likely N-dealkylation sites (N-methyl/N-ethyl adjacent to an activating group) is 1. The van der Waals surface area contributed by atoms with Gasteiger partial charge in [-0.05, 0) is 51.3 Å². The van der Waals surface area contributed by atoms with Gasteiger partial charge in [-0.15, -0.1) is 0 Å². The molecule has 2 aromatic rings. The first kappa shape index (κ1) is 20.3. The van der Waals surface area contributed by atoms with Crippen LogP contribution in [-0.4, -0.2) is 45.2 Å². The number of para-hydroxylation sites is 1. The fourth-order valence-electron chi connectivity index (χ4n) is 2.07. The Morgan fingerprint density at radius 3 is 2.33 bits per heavy atom. The summed E-state index contributed by atoms with van der Waals surface area (Å²) in [6.07, 6.45) is 0.983. The van der Waals surface area contributed by atoms with Gasteiger partial charge in [0.05, 0.1) is 6.61 Å². The lowest BCUT2D eigenvalue weighted by molar-refractivity contribution is -0.00000594. The number of halogens is 1. The van der Waals surface area contributed by atoms with E-state index in [4.69, 9.17) is 9.47 Å². The van der Waals surface area contributed by atoms with Gasteiger partial charge in [0.2, 0.25) is 0 Å². The van der Waals surface area contributed by atoms with Gasteiger partial charge in [-0.2, -0.15) is 0 Å². The molecule has 0 heterocycles. The first-order chi connectivity index (χ1) is 11.2. The van der Waals surface area contributed by atoms with Gasteiger partial charge in [-0.3, -0.25) is 0 Å². The lowest BCUT2D eigenvalue weighted by Crippen LogP contribution is -3.00. The predicted octanol–water partition coefficient (Wildman–Crippen LogP) is 0.403. The number of rotatable bonds is 10. The van der Waals surface area contributed by atoms with E-state index in [1.165, 1.54) is 0 Å². The molecule has 2 aromatic carbocycles. The van der Waals surface area contributed by atoms with Crippen LogP contribution in [0.2, 0.25) is 0 Å². The lowest BCUT2D eigenvalue weighted by atomic mass is 10.3. The van der Waals surface area contributed by atoms with Crippen LogP contribution in [0.5, 0.6) is 17.2 Å². The Labute approximate surface area is 151 Å². The molecule has 2 rings (SSSR count). The quantitative estimate of drug-likeness (QED) is 0.630. The summed E-state index contributed by atoms with van der Waals surface area (Å²) in [6.45, 7) is 3.73. The van der Waals surface area contributed by atoms with E-state index in [1.807, 2.05) is 54.6 Å². The maximum absolute atomic E-state index is 5.80. The van der Waals surface area contributed by atoms with Crippen LogP contribution in [0.1, 0.15) is 6.42 Å². The second-order valence-electron chi connectivity index (χ2n) is 5.65. The number of hydrogen-bond donors (Lipinski definition) is 1. The van der Waals surface area contributed by atoms with Gasteiger partial charge in [-0.1, -0.05) is 24.3 Å². The van der Waals surface area contributed by atoms with Crippen molar-refractivity contribution in [3.63, 3.8) is 0 Å². The molecule has 0 saturated carbocycles. The van der Waals surface area contributed by atoms with E-state index in [-0.39, 0.29) is 12.4 Å². The number of benzene rings is 2. The van der Waals surface area contributed by atoms with Crippen LogP contribution in [0.3, 0.4) is 0 Å². The molecule has 0 saturated heterocycles. The summed E-state index contributed by atoms with van der Waals surface area (Å²) in [5.74, 6) is 2.46. The first-order valence-electron chi connectivity index (χ1n) is 8.05. The Hall–Kier alpha value is -1.75. The van der Waals surface area contributed by atoms with E-state index < -0.39 is 0 Å². The highest BCUT2D eigenvalue weighted by Crippen LogP contribution is 2.24. The van der Waals surface area contributed by atoms with Gasteiger partial charge < -0.3 is 32.1 Å². The third-order valence-electron chi connectivity index (χ3n) is 3.29. The van der Waals surface area contributed by atoms with Crippen molar-refractivity contribution in [1.82, 2.24) is 10.2 Å². The zero-order valence-corrected chi connectivity index (χ0v) is 15.1. The number of nitrogens with zero attached hydrogens (tertiary/aromatic N) is 1. The summed E-state index contributed by atoms with van der Waals surface area (Å²) in [5.41, 5.74) is 0. The monoisotopic (exact) mass is 349 g/mol. The Morgan fingerprint density at radius 1 is 0.875 bits per heavy atom. The molecule has 24 heavy (non-hydrogen) atoms. The zero-order chi connectivity index (χ0) is 16.3. The van der Waals surface area contributed by atoms with E-state index in [2.05, 4.69) is 24.3 Å². The average molecular weight is 350 g/mol. The van der Waals surface area contributed by atoms with Crippen LogP contribution < -0.4 is 27.2 Å². The molecule has 0 aliphatic carbocycles. The van der Waals surface area contributed by atoms with Crippen molar-refractivity contribution in [2.45, 2.75) is 6.42 Å². The molecule has 0 amide bonds. The molecule has 0 aliphatic rings. The Morgan fingerprint density at radius 2 is 1.58 bits per heavy atom. The normalized spacial score (nSPS) is 10.3. The summed E-state index contributed by atoms with van der Waals surface area (Å²) in [4.78, 5) is 2.17. The average Bonchev–Trinajstić information content (AvgIpc) is 2.55. The number of ether oxygens (including phenoxy) is 2. The second kappa shape index (κ2) is 11.7. The van der Waals surface area contributed by atoms with E-state index in [0.29, 0.717) is 6.61 Å². The second-order valence-corrected chi connectivity index (χ2v) is 5.65. The van der Waals surface area contributed by atoms with E-state index >= 15 is 0 Å². The van der Waals surface area contributed by atoms with Crippen molar-refractivity contribution in [3.05, 3.63) is 54.6 Å². The van der Waals surface area contributed by atoms with Crippen LogP contribution in [0.25, 0.3) is 0 Å². The molecule has 4 nitrogen and oxygen atoms in total. The molecule has 132 valence electrons. The summed E-state index contributed by atoms with van der Waals surface area (Å²) < 4.78 is 11.6. The molecule has 0 unspecified atom stereocenters. The largest absolute Gasteiger partial charge is 1.00 e. The molecule has 0 spiro atoms.